The molecule has 1 saturated carbocycles. The summed E-state index contributed by atoms with van der Waals surface area (Å²) in [5.41, 5.74) is 7.40. The minimum absolute atomic E-state index is 0.189. The molecule has 1 aliphatic carbocycles. The number of imidazole rings is 1. The SMILES string of the molecule is CC(C)=CCn1c(NC2CCCC(N)C2)nc2c1c(=O)n(C)c(=O)n2C. The van der Waals surface area contributed by atoms with E-state index in [4.69, 9.17) is 5.73 Å². The number of nitrogens with one attached hydrogen (secondary N) is 1. The smallest absolute Gasteiger partial charge is 0.332 e. The summed E-state index contributed by atoms with van der Waals surface area (Å²) in [7, 11) is 3.14. The van der Waals surface area contributed by atoms with Crippen molar-refractivity contribution < 1.29 is 0 Å². The number of aromatic nitrogens is 4. The van der Waals surface area contributed by atoms with Crippen LogP contribution < -0.4 is 22.3 Å². The topological polar surface area (TPSA) is 99.9 Å². The molecule has 0 aliphatic heterocycles. The number of fused-ring (bicyclic) bond motifs is 1. The highest BCUT2D eigenvalue weighted by molar-refractivity contribution is 5.74. The molecular formula is C18H28N6O2. The minimum Gasteiger partial charge on any atom is -0.353 e. The van der Waals surface area contributed by atoms with Gasteiger partial charge in [-0.05, 0) is 39.5 Å². The van der Waals surface area contributed by atoms with Gasteiger partial charge in [0, 0.05) is 32.7 Å². The number of allylic oxidation sites excluding steroid dienone is 2. The van der Waals surface area contributed by atoms with Crippen molar-refractivity contribution in [2.45, 2.75) is 58.2 Å². The third-order valence-corrected chi connectivity index (χ3v) is 5.08. The van der Waals surface area contributed by atoms with Gasteiger partial charge < -0.3 is 15.6 Å². The van der Waals surface area contributed by atoms with Gasteiger partial charge in [0.2, 0.25) is 5.95 Å². The summed E-state index contributed by atoms with van der Waals surface area (Å²) in [5, 5.41) is 3.47. The van der Waals surface area contributed by atoms with Crippen molar-refractivity contribution in [2.75, 3.05) is 5.32 Å². The molecule has 0 saturated heterocycles. The lowest BCUT2D eigenvalue weighted by atomic mass is 9.92. The van der Waals surface area contributed by atoms with E-state index in [1.54, 1.807) is 7.05 Å². The van der Waals surface area contributed by atoms with E-state index in [-0.39, 0.29) is 23.3 Å². The van der Waals surface area contributed by atoms with Crippen LogP contribution in [0.1, 0.15) is 39.5 Å². The predicted octanol–water partition coefficient (Wildman–Crippen LogP) is 1.08. The molecule has 1 aliphatic rings. The second kappa shape index (κ2) is 7.11. The lowest BCUT2D eigenvalue weighted by molar-refractivity contribution is 0.407. The van der Waals surface area contributed by atoms with Crippen molar-refractivity contribution in [3.8, 4) is 0 Å². The second-order valence-electron chi connectivity index (χ2n) is 7.47. The lowest BCUT2D eigenvalue weighted by Gasteiger charge is -2.27. The molecule has 3 rings (SSSR count). The van der Waals surface area contributed by atoms with Gasteiger partial charge >= 0.3 is 5.69 Å². The van der Waals surface area contributed by atoms with Crippen LogP contribution in [0.3, 0.4) is 0 Å². The Labute approximate surface area is 152 Å². The zero-order valence-corrected chi connectivity index (χ0v) is 16.0. The summed E-state index contributed by atoms with van der Waals surface area (Å²) in [6.07, 6.45) is 6.07. The van der Waals surface area contributed by atoms with Gasteiger partial charge in [-0.3, -0.25) is 13.9 Å². The maximum Gasteiger partial charge on any atom is 0.332 e. The van der Waals surface area contributed by atoms with Gasteiger partial charge in [0.15, 0.2) is 11.2 Å². The number of hydrogen-bond donors (Lipinski definition) is 2. The number of rotatable bonds is 4. The van der Waals surface area contributed by atoms with Gasteiger partial charge in [0.25, 0.3) is 5.56 Å². The van der Waals surface area contributed by atoms with Crippen LogP contribution in [0.15, 0.2) is 21.2 Å². The number of anilines is 1. The Balaban J connectivity index is 2.14. The average Bonchev–Trinajstić information content (AvgIpc) is 2.94. The minimum atomic E-state index is -0.374. The van der Waals surface area contributed by atoms with Crippen LogP contribution in [0.5, 0.6) is 0 Å². The average molecular weight is 360 g/mol. The molecule has 0 aromatic carbocycles. The van der Waals surface area contributed by atoms with Crippen LogP contribution in [0, 0.1) is 0 Å². The number of aryl methyl sites for hydroxylation is 1. The van der Waals surface area contributed by atoms with Crippen molar-refractivity contribution in [3.05, 3.63) is 32.5 Å². The molecule has 26 heavy (non-hydrogen) atoms. The first kappa shape index (κ1) is 18.4. The summed E-state index contributed by atoms with van der Waals surface area (Å²) in [6.45, 7) is 4.55. The van der Waals surface area contributed by atoms with Crippen molar-refractivity contribution >= 4 is 17.1 Å². The maximum absolute atomic E-state index is 12.7. The Morgan fingerprint density at radius 3 is 2.65 bits per heavy atom. The molecule has 8 heteroatoms. The van der Waals surface area contributed by atoms with Crippen molar-refractivity contribution in [1.29, 1.82) is 0 Å². The van der Waals surface area contributed by atoms with E-state index in [9.17, 15) is 9.59 Å². The van der Waals surface area contributed by atoms with Gasteiger partial charge in [-0.2, -0.15) is 4.98 Å². The maximum atomic E-state index is 12.7. The molecule has 3 N–H and O–H groups in total. The van der Waals surface area contributed by atoms with Crippen LogP contribution in [0.25, 0.3) is 11.2 Å². The molecular weight excluding hydrogens is 332 g/mol. The molecule has 2 aromatic rings. The van der Waals surface area contributed by atoms with Crippen LogP contribution in [-0.4, -0.2) is 30.8 Å². The molecule has 2 atom stereocenters. The molecule has 0 radical (unpaired) electrons. The Bertz CT molecular complexity index is 961. The van der Waals surface area contributed by atoms with Crippen molar-refractivity contribution in [1.82, 2.24) is 18.7 Å². The quantitative estimate of drug-likeness (QED) is 0.795. The Kier molecular flexibility index (Phi) is 5.04. The fraction of sp³-hybridized carbons (Fsp3) is 0.611. The number of nitrogens with two attached hydrogens (primary N) is 1. The van der Waals surface area contributed by atoms with Gasteiger partial charge in [-0.15, -0.1) is 0 Å². The van der Waals surface area contributed by atoms with Crippen molar-refractivity contribution in [3.63, 3.8) is 0 Å². The standard InChI is InChI=1S/C18H28N6O2/c1-11(2)8-9-24-14-15(22(3)18(26)23(4)16(14)25)21-17(24)20-13-7-5-6-12(19)10-13/h8,12-13H,5-7,9-10,19H2,1-4H3,(H,20,21). The van der Waals surface area contributed by atoms with Gasteiger partial charge in [-0.25, -0.2) is 4.79 Å². The normalized spacial score (nSPS) is 20.3. The van der Waals surface area contributed by atoms with E-state index in [1.165, 1.54) is 11.6 Å². The second-order valence-corrected chi connectivity index (χ2v) is 7.47. The van der Waals surface area contributed by atoms with E-state index in [0.29, 0.717) is 23.7 Å². The highest BCUT2D eigenvalue weighted by atomic mass is 16.2. The summed E-state index contributed by atoms with van der Waals surface area (Å²) in [4.78, 5) is 29.6. The Morgan fingerprint density at radius 1 is 1.27 bits per heavy atom. The summed E-state index contributed by atoms with van der Waals surface area (Å²) in [6, 6.07) is 0.413. The molecule has 8 nitrogen and oxygen atoms in total. The zero-order valence-electron chi connectivity index (χ0n) is 16.0. The third kappa shape index (κ3) is 3.33. The molecule has 0 bridgehead atoms. The van der Waals surface area contributed by atoms with Gasteiger partial charge in [0.1, 0.15) is 0 Å². The van der Waals surface area contributed by atoms with Crippen LogP contribution >= 0.6 is 0 Å². The zero-order chi connectivity index (χ0) is 19.0. The number of hydrogen-bond acceptors (Lipinski definition) is 5. The summed E-state index contributed by atoms with van der Waals surface area (Å²) in [5.74, 6) is 0.620. The third-order valence-electron chi connectivity index (χ3n) is 5.08. The van der Waals surface area contributed by atoms with E-state index in [2.05, 4.69) is 10.3 Å². The fourth-order valence-corrected chi connectivity index (χ4v) is 3.55. The molecule has 2 heterocycles. The molecule has 2 aromatic heterocycles. The lowest BCUT2D eigenvalue weighted by Crippen LogP contribution is -2.37. The van der Waals surface area contributed by atoms with Gasteiger partial charge in [0.05, 0.1) is 0 Å². The highest BCUT2D eigenvalue weighted by Gasteiger charge is 2.23. The first-order chi connectivity index (χ1) is 12.3. The van der Waals surface area contributed by atoms with E-state index in [0.717, 1.165) is 35.8 Å². The fourth-order valence-electron chi connectivity index (χ4n) is 3.55. The van der Waals surface area contributed by atoms with Crippen molar-refractivity contribution in [2.24, 2.45) is 19.8 Å². The molecule has 142 valence electrons. The van der Waals surface area contributed by atoms with E-state index in [1.807, 2.05) is 24.5 Å². The van der Waals surface area contributed by atoms with Crippen LogP contribution in [0.2, 0.25) is 0 Å². The number of nitrogens with zero attached hydrogens (tertiary/aromatic N) is 4. The molecule has 1 fully saturated rings. The first-order valence-electron chi connectivity index (χ1n) is 9.11. The highest BCUT2D eigenvalue weighted by Crippen LogP contribution is 2.23. The first-order valence-corrected chi connectivity index (χ1v) is 9.11. The molecule has 0 spiro atoms. The van der Waals surface area contributed by atoms with E-state index < -0.39 is 0 Å². The summed E-state index contributed by atoms with van der Waals surface area (Å²) < 4.78 is 4.42. The predicted molar refractivity (Wildman–Crippen MR) is 104 cm³/mol. The monoisotopic (exact) mass is 360 g/mol. The van der Waals surface area contributed by atoms with E-state index >= 15 is 0 Å². The molecule has 2 unspecified atom stereocenters. The van der Waals surface area contributed by atoms with Gasteiger partial charge in [-0.1, -0.05) is 11.6 Å². The largest absolute Gasteiger partial charge is 0.353 e. The Morgan fingerprint density at radius 2 is 2.00 bits per heavy atom. The summed E-state index contributed by atoms with van der Waals surface area (Å²) >= 11 is 0. The molecule has 0 amide bonds. The van der Waals surface area contributed by atoms with Crippen LogP contribution in [-0.2, 0) is 20.6 Å². The Hall–Kier alpha value is -2.35. The van der Waals surface area contributed by atoms with Crippen LogP contribution in [0.4, 0.5) is 5.95 Å².